The summed E-state index contributed by atoms with van der Waals surface area (Å²) in [4.78, 5) is 28.5. The molecule has 2 amide bonds. The second-order valence-corrected chi connectivity index (χ2v) is 10.2. The number of benzene rings is 3. The van der Waals surface area contributed by atoms with Crippen LogP contribution in [0.2, 0.25) is 0 Å². The quantitative estimate of drug-likeness (QED) is 0.480. The number of carbonyl (C=O) groups excluding carboxylic acids is 2. The van der Waals surface area contributed by atoms with Crippen LogP contribution in [0, 0.1) is 0 Å². The maximum atomic E-state index is 13.2. The Bertz CT molecular complexity index is 1420. The molecule has 1 saturated heterocycles. The summed E-state index contributed by atoms with van der Waals surface area (Å²) in [6.45, 7) is 3.98. The van der Waals surface area contributed by atoms with Gasteiger partial charge >= 0.3 is 0 Å². The van der Waals surface area contributed by atoms with Crippen molar-refractivity contribution in [3.05, 3.63) is 100 Å². The van der Waals surface area contributed by atoms with E-state index < -0.39 is 0 Å². The molecule has 1 heterocycles. The summed E-state index contributed by atoms with van der Waals surface area (Å²) >= 11 is 0. The fraction of sp³-hybridized carbons (Fsp3) is 0.312. The average molecular weight is 477 g/mol. The highest BCUT2D eigenvalue weighted by Gasteiger charge is 2.24. The van der Waals surface area contributed by atoms with Gasteiger partial charge in [-0.15, -0.1) is 0 Å². The molecule has 0 aromatic heterocycles. The Morgan fingerprint density at radius 2 is 1.67 bits per heavy atom. The number of carbonyl (C=O) groups is 2. The van der Waals surface area contributed by atoms with E-state index >= 15 is 0 Å². The predicted octanol–water partition coefficient (Wildman–Crippen LogP) is 5.78. The van der Waals surface area contributed by atoms with Crippen molar-refractivity contribution in [3.8, 4) is 0 Å². The highest BCUT2D eigenvalue weighted by atomic mass is 16.2. The zero-order chi connectivity index (χ0) is 24.6. The van der Waals surface area contributed by atoms with Crippen LogP contribution < -0.4 is 0 Å². The van der Waals surface area contributed by atoms with E-state index in [1.165, 1.54) is 39.5 Å². The van der Waals surface area contributed by atoms with Crippen molar-refractivity contribution in [1.29, 1.82) is 0 Å². The Hall–Kier alpha value is -3.66. The van der Waals surface area contributed by atoms with Crippen LogP contribution in [0.1, 0.15) is 58.8 Å². The molecular formula is C32H32N2O2. The molecule has 0 saturated carbocycles. The molecule has 6 rings (SSSR count). The maximum absolute atomic E-state index is 13.2. The summed E-state index contributed by atoms with van der Waals surface area (Å²) in [5.74, 6) is 0.132. The van der Waals surface area contributed by atoms with Gasteiger partial charge in [-0.3, -0.25) is 9.59 Å². The van der Waals surface area contributed by atoms with Gasteiger partial charge in [0.2, 0.25) is 5.91 Å². The summed E-state index contributed by atoms with van der Waals surface area (Å²) in [5.41, 5.74) is 9.14. The number of rotatable bonds is 3. The van der Waals surface area contributed by atoms with Crippen LogP contribution in [0.4, 0.5) is 0 Å². The Labute approximate surface area is 212 Å². The van der Waals surface area contributed by atoms with Crippen molar-refractivity contribution in [2.24, 2.45) is 0 Å². The topological polar surface area (TPSA) is 40.6 Å². The van der Waals surface area contributed by atoms with Crippen molar-refractivity contribution in [1.82, 2.24) is 9.80 Å². The predicted molar refractivity (Wildman–Crippen MR) is 145 cm³/mol. The van der Waals surface area contributed by atoms with Crippen molar-refractivity contribution < 1.29 is 9.59 Å². The van der Waals surface area contributed by atoms with Gasteiger partial charge in [0.15, 0.2) is 0 Å². The highest BCUT2D eigenvalue weighted by Crippen LogP contribution is 2.41. The van der Waals surface area contributed by atoms with E-state index in [2.05, 4.69) is 54.6 Å². The highest BCUT2D eigenvalue weighted by molar-refractivity contribution is 5.96. The SMILES string of the molecule is CC(=O)N1CCN(C(=O)c2cccc(Cc3cccc4ccc5c(c34)CCC3=C5C=CCC3)c2)CC1. The maximum Gasteiger partial charge on any atom is 0.253 e. The Morgan fingerprint density at radius 3 is 2.50 bits per heavy atom. The molecule has 0 spiro atoms. The number of aryl methyl sites for hydroxylation is 1. The van der Waals surface area contributed by atoms with Gasteiger partial charge in [-0.1, -0.05) is 60.2 Å². The molecule has 0 atom stereocenters. The van der Waals surface area contributed by atoms with Crippen LogP contribution in [0.15, 0.2) is 72.3 Å². The molecule has 182 valence electrons. The van der Waals surface area contributed by atoms with Crippen molar-refractivity contribution in [3.63, 3.8) is 0 Å². The van der Waals surface area contributed by atoms with Gasteiger partial charge in [-0.05, 0) is 82.8 Å². The standard InChI is InChI=1S/C32H32N2O2/c1-22(35)33-16-18-34(19-17-33)32(36)27-10-4-6-23(21-27)20-26-9-5-8-25-13-14-29-28-11-3-2-7-24(28)12-15-30(29)31(25)26/h3-6,8-11,13-14,21H,2,7,12,15-20H2,1H3. The number of hydrogen-bond acceptors (Lipinski definition) is 2. The van der Waals surface area contributed by atoms with Gasteiger partial charge in [-0.25, -0.2) is 0 Å². The van der Waals surface area contributed by atoms with Crippen LogP contribution >= 0.6 is 0 Å². The number of nitrogens with zero attached hydrogens (tertiary/aromatic N) is 2. The molecule has 4 heteroatoms. The molecule has 2 aliphatic carbocycles. The van der Waals surface area contributed by atoms with Crippen molar-refractivity contribution in [2.75, 3.05) is 26.2 Å². The van der Waals surface area contributed by atoms with Crippen LogP contribution in [0.3, 0.4) is 0 Å². The minimum atomic E-state index is 0.0545. The monoisotopic (exact) mass is 476 g/mol. The summed E-state index contributed by atoms with van der Waals surface area (Å²) < 4.78 is 0. The largest absolute Gasteiger partial charge is 0.339 e. The van der Waals surface area contributed by atoms with Crippen molar-refractivity contribution in [2.45, 2.75) is 39.0 Å². The fourth-order valence-corrected chi connectivity index (χ4v) is 6.16. The van der Waals surface area contributed by atoms with Crippen molar-refractivity contribution >= 4 is 28.2 Å². The summed E-state index contributed by atoms with van der Waals surface area (Å²) in [5, 5.41) is 2.68. The molecule has 0 radical (unpaired) electrons. The first-order chi connectivity index (χ1) is 17.6. The molecular weight excluding hydrogens is 444 g/mol. The molecule has 36 heavy (non-hydrogen) atoms. The molecule has 3 aromatic carbocycles. The Morgan fingerprint density at radius 1 is 0.861 bits per heavy atom. The molecule has 0 bridgehead atoms. The molecule has 3 aliphatic rings. The van der Waals surface area contributed by atoms with Gasteiger partial charge < -0.3 is 9.80 Å². The first-order valence-electron chi connectivity index (χ1n) is 13.1. The van der Waals surface area contributed by atoms with E-state index in [0.717, 1.165) is 36.8 Å². The van der Waals surface area contributed by atoms with Gasteiger partial charge in [0, 0.05) is 38.7 Å². The lowest BCUT2D eigenvalue weighted by Gasteiger charge is -2.34. The average Bonchev–Trinajstić information content (AvgIpc) is 2.92. The van der Waals surface area contributed by atoms with E-state index in [1.54, 1.807) is 12.5 Å². The van der Waals surface area contributed by atoms with Crippen LogP contribution in [0.25, 0.3) is 16.3 Å². The zero-order valence-corrected chi connectivity index (χ0v) is 20.9. The van der Waals surface area contributed by atoms with Crippen LogP contribution in [-0.4, -0.2) is 47.8 Å². The lowest BCUT2D eigenvalue weighted by Crippen LogP contribution is -2.50. The molecule has 4 nitrogen and oxygen atoms in total. The Balaban J connectivity index is 1.30. The lowest BCUT2D eigenvalue weighted by molar-refractivity contribution is -0.130. The third-order valence-corrected chi connectivity index (χ3v) is 8.07. The number of piperazine rings is 1. The zero-order valence-electron chi connectivity index (χ0n) is 20.9. The van der Waals surface area contributed by atoms with Crippen LogP contribution in [0.5, 0.6) is 0 Å². The second kappa shape index (κ2) is 9.42. The lowest BCUT2D eigenvalue weighted by atomic mass is 9.78. The summed E-state index contributed by atoms with van der Waals surface area (Å²) in [6.07, 6.45) is 10.0. The van der Waals surface area contributed by atoms with E-state index in [0.29, 0.717) is 26.2 Å². The van der Waals surface area contributed by atoms with Gasteiger partial charge in [0.05, 0.1) is 0 Å². The number of fused-ring (bicyclic) bond motifs is 4. The van der Waals surface area contributed by atoms with Gasteiger partial charge in [0.25, 0.3) is 5.91 Å². The fourth-order valence-electron chi connectivity index (χ4n) is 6.16. The first kappa shape index (κ1) is 22.8. The van der Waals surface area contributed by atoms with Gasteiger partial charge in [-0.2, -0.15) is 0 Å². The number of hydrogen-bond donors (Lipinski definition) is 0. The molecule has 1 aliphatic heterocycles. The third-order valence-electron chi connectivity index (χ3n) is 8.07. The van der Waals surface area contributed by atoms with Crippen LogP contribution in [-0.2, 0) is 17.6 Å². The number of amides is 2. The normalized spacial score (nSPS) is 17.2. The molecule has 0 N–H and O–H groups in total. The van der Waals surface area contributed by atoms with E-state index in [4.69, 9.17) is 0 Å². The first-order valence-corrected chi connectivity index (χ1v) is 13.1. The molecule has 3 aromatic rings. The van der Waals surface area contributed by atoms with E-state index in [9.17, 15) is 9.59 Å². The van der Waals surface area contributed by atoms with E-state index in [1.807, 2.05) is 21.9 Å². The van der Waals surface area contributed by atoms with Gasteiger partial charge in [0.1, 0.15) is 0 Å². The molecule has 1 fully saturated rings. The van der Waals surface area contributed by atoms with E-state index in [-0.39, 0.29) is 11.8 Å². The number of allylic oxidation sites excluding steroid dienone is 4. The molecule has 0 unspecified atom stereocenters. The summed E-state index contributed by atoms with van der Waals surface area (Å²) in [6, 6.07) is 19.3. The minimum absolute atomic E-state index is 0.0545. The Kier molecular flexibility index (Phi) is 5.96. The summed E-state index contributed by atoms with van der Waals surface area (Å²) in [7, 11) is 0. The smallest absolute Gasteiger partial charge is 0.253 e. The minimum Gasteiger partial charge on any atom is -0.339 e. The third kappa shape index (κ3) is 4.15. The second-order valence-electron chi connectivity index (χ2n) is 10.2.